The third-order valence-corrected chi connectivity index (χ3v) is 3.48. The number of rotatable bonds is 2. The number of carbonyl (C=O) groups is 1. The van der Waals surface area contributed by atoms with E-state index in [1.54, 1.807) is 0 Å². The summed E-state index contributed by atoms with van der Waals surface area (Å²) in [5.41, 5.74) is 7.35. The van der Waals surface area contributed by atoms with Crippen molar-refractivity contribution in [2.45, 2.75) is 25.8 Å². The summed E-state index contributed by atoms with van der Waals surface area (Å²) in [4.78, 5) is 11.8. The molecule has 1 amide bonds. The number of carbonyl (C=O) groups excluding carboxylic acids is 1. The molecule has 0 atom stereocenters. The molecule has 1 fully saturated rings. The minimum Gasteiger partial charge on any atom is -0.328 e. The lowest BCUT2D eigenvalue weighted by atomic mass is 9.80. The third kappa shape index (κ3) is 2.20. The third-order valence-electron chi connectivity index (χ3n) is 3.07. The molecule has 1 aliphatic rings. The zero-order valence-corrected chi connectivity index (χ0v) is 9.92. The van der Waals surface area contributed by atoms with E-state index in [2.05, 4.69) is 5.32 Å². The summed E-state index contributed by atoms with van der Waals surface area (Å²) < 4.78 is 0. The van der Waals surface area contributed by atoms with Crippen LogP contribution in [0.5, 0.6) is 0 Å². The van der Waals surface area contributed by atoms with Crippen LogP contribution in [0.15, 0.2) is 18.2 Å². The quantitative estimate of drug-likeness (QED) is 0.831. The zero-order chi connectivity index (χ0) is 11.7. The predicted molar refractivity (Wildman–Crippen MR) is 65.5 cm³/mol. The number of benzene rings is 1. The number of nitrogens with one attached hydrogen (secondary N) is 1. The highest BCUT2D eigenvalue weighted by Crippen LogP contribution is 2.28. The van der Waals surface area contributed by atoms with Crippen molar-refractivity contribution < 1.29 is 4.79 Å². The van der Waals surface area contributed by atoms with Crippen molar-refractivity contribution in [1.82, 2.24) is 0 Å². The van der Waals surface area contributed by atoms with Crippen molar-refractivity contribution >= 4 is 23.2 Å². The van der Waals surface area contributed by atoms with Crippen LogP contribution in [-0.2, 0) is 4.79 Å². The van der Waals surface area contributed by atoms with Crippen molar-refractivity contribution in [3.63, 3.8) is 0 Å². The van der Waals surface area contributed by atoms with Crippen LogP contribution in [-0.4, -0.2) is 11.9 Å². The first-order chi connectivity index (χ1) is 7.58. The van der Waals surface area contributed by atoms with Gasteiger partial charge in [0.1, 0.15) is 0 Å². The summed E-state index contributed by atoms with van der Waals surface area (Å²) in [5.74, 6) is 0.112. The smallest absolute Gasteiger partial charge is 0.227 e. The second kappa shape index (κ2) is 4.44. The summed E-state index contributed by atoms with van der Waals surface area (Å²) in [5, 5.41) is 3.56. The van der Waals surface area contributed by atoms with E-state index < -0.39 is 0 Å². The Kier molecular flexibility index (Phi) is 3.17. The molecule has 0 unspecified atom stereocenters. The van der Waals surface area contributed by atoms with Crippen molar-refractivity contribution in [2.24, 2.45) is 11.7 Å². The molecule has 86 valence electrons. The van der Waals surface area contributed by atoms with E-state index in [9.17, 15) is 4.79 Å². The van der Waals surface area contributed by atoms with Gasteiger partial charge in [-0.05, 0) is 37.5 Å². The van der Waals surface area contributed by atoms with Crippen LogP contribution in [0.25, 0.3) is 0 Å². The van der Waals surface area contributed by atoms with Crippen molar-refractivity contribution in [2.75, 3.05) is 5.32 Å². The van der Waals surface area contributed by atoms with Gasteiger partial charge in [-0.1, -0.05) is 17.7 Å². The van der Waals surface area contributed by atoms with Crippen LogP contribution in [0.3, 0.4) is 0 Å². The maximum atomic E-state index is 11.8. The van der Waals surface area contributed by atoms with E-state index in [4.69, 9.17) is 17.3 Å². The van der Waals surface area contributed by atoms with Crippen LogP contribution < -0.4 is 11.1 Å². The molecular formula is C12H15ClN2O. The van der Waals surface area contributed by atoms with Crippen molar-refractivity contribution in [1.29, 1.82) is 0 Å². The predicted octanol–water partition coefficient (Wildman–Crippen LogP) is 2.32. The van der Waals surface area contributed by atoms with Gasteiger partial charge in [0, 0.05) is 22.7 Å². The number of nitrogens with two attached hydrogens (primary N) is 1. The topological polar surface area (TPSA) is 55.1 Å². The van der Waals surface area contributed by atoms with E-state index in [0.29, 0.717) is 5.02 Å². The number of hydrogen-bond acceptors (Lipinski definition) is 2. The van der Waals surface area contributed by atoms with Gasteiger partial charge in [-0.3, -0.25) is 4.79 Å². The van der Waals surface area contributed by atoms with Crippen LogP contribution in [0.2, 0.25) is 5.02 Å². The Morgan fingerprint density at radius 1 is 1.50 bits per heavy atom. The van der Waals surface area contributed by atoms with Crippen molar-refractivity contribution in [3.05, 3.63) is 28.8 Å². The Labute approximate surface area is 100.0 Å². The molecule has 1 aliphatic carbocycles. The largest absolute Gasteiger partial charge is 0.328 e. The molecule has 2 rings (SSSR count). The fourth-order valence-corrected chi connectivity index (χ4v) is 2.03. The van der Waals surface area contributed by atoms with Gasteiger partial charge < -0.3 is 11.1 Å². The van der Waals surface area contributed by atoms with E-state index in [1.165, 1.54) is 0 Å². The van der Waals surface area contributed by atoms with Gasteiger partial charge in [-0.25, -0.2) is 0 Å². The molecular weight excluding hydrogens is 224 g/mol. The molecule has 4 heteroatoms. The monoisotopic (exact) mass is 238 g/mol. The maximum absolute atomic E-state index is 11.8. The number of amides is 1. The molecule has 0 radical (unpaired) electrons. The second-order valence-corrected chi connectivity index (χ2v) is 4.74. The number of halogens is 1. The summed E-state index contributed by atoms with van der Waals surface area (Å²) >= 11 is 5.98. The normalized spacial score (nSPS) is 23.7. The Hall–Kier alpha value is -1.06. The molecule has 1 aromatic carbocycles. The van der Waals surface area contributed by atoms with Crippen LogP contribution in [0, 0.1) is 12.8 Å². The highest BCUT2D eigenvalue weighted by molar-refractivity contribution is 6.31. The fraction of sp³-hybridized carbons (Fsp3) is 0.417. The van der Waals surface area contributed by atoms with Gasteiger partial charge in [0.2, 0.25) is 5.91 Å². The lowest BCUT2D eigenvalue weighted by molar-refractivity contribution is -0.122. The van der Waals surface area contributed by atoms with E-state index in [1.807, 2.05) is 25.1 Å². The van der Waals surface area contributed by atoms with Gasteiger partial charge in [0.05, 0.1) is 0 Å². The first-order valence-corrected chi connectivity index (χ1v) is 5.77. The standard InChI is InChI=1S/C12H15ClN2O/c1-7-10(13)3-2-4-11(7)15-12(16)8-5-9(14)6-8/h2-4,8-9H,5-6,14H2,1H3,(H,15,16). The Morgan fingerprint density at radius 3 is 2.81 bits per heavy atom. The highest BCUT2D eigenvalue weighted by atomic mass is 35.5. The molecule has 0 heterocycles. The molecule has 0 bridgehead atoms. The average Bonchev–Trinajstić information content (AvgIpc) is 2.20. The fourth-order valence-electron chi connectivity index (χ4n) is 1.85. The number of anilines is 1. The summed E-state index contributed by atoms with van der Waals surface area (Å²) in [6.45, 7) is 1.89. The number of hydrogen-bond donors (Lipinski definition) is 2. The molecule has 0 spiro atoms. The van der Waals surface area contributed by atoms with Gasteiger partial charge in [-0.2, -0.15) is 0 Å². The molecule has 0 aliphatic heterocycles. The molecule has 3 nitrogen and oxygen atoms in total. The first-order valence-electron chi connectivity index (χ1n) is 5.39. The Morgan fingerprint density at radius 2 is 2.19 bits per heavy atom. The molecule has 1 aromatic rings. The van der Waals surface area contributed by atoms with E-state index >= 15 is 0 Å². The molecule has 16 heavy (non-hydrogen) atoms. The minimum atomic E-state index is 0.0482. The molecule has 3 N–H and O–H groups in total. The van der Waals surface area contributed by atoms with E-state index in [-0.39, 0.29) is 17.9 Å². The van der Waals surface area contributed by atoms with Crippen LogP contribution in [0.4, 0.5) is 5.69 Å². The maximum Gasteiger partial charge on any atom is 0.227 e. The van der Waals surface area contributed by atoms with E-state index in [0.717, 1.165) is 24.1 Å². The van der Waals surface area contributed by atoms with Gasteiger partial charge in [-0.15, -0.1) is 0 Å². The molecule has 0 aromatic heterocycles. The first kappa shape index (κ1) is 11.4. The zero-order valence-electron chi connectivity index (χ0n) is 9.16. The van der Waals surface area contributed by atoms with Gasteiger partial charge in [0.25, 0.3) is 0 Å². The van der Waals surface area contributed by atoms with Crippen molar-refractivity contribution in [3.8, 4) is 0 Å². The average molecular weight is 239 g/mol. The summed E-state index contributed by atoms with van der Waals surface area (Å²) in [7, 11) is 0. The highest BCUT2D eigenvalue weighted by Gasteiger charge is 2.32. The summed E-state index contributed by atoms with van der Waals surface area (Å²) in [6.07, 6.45) is 1.57. The van der Waals surface area contributed by atoms with Gasteiger partial charge >= 0.3 is 0 Å². The lowest BCUT2D eigenvalue weighted by Gasteiger charge is -2.31. The Balaban J connectivity index is 2.04. The molecule has 1 saturated carbocycles. The molecule has 0 saturated heterocycles. The SMILES string of the molecule is Cc1c(Cl)cccc1NC(=O)C1CC(N)C1. The van der Waals surface area contributed by atoms with Crippen LogP contribution >= 0.6 is 11.6 Å². The van der Waals surface area contributed by atoms with Gasteiger partial charge in [0.15, 0.2) is 0 Å². The minimum absolute atomic E-state index is 0.0482. The van der Waals surface area contributed by atoms with Crippen LogP contribution in [0.1, 0.15) is 18.4 Å². The Bertz CT molecular complexity index is 413. The lowest BCUT2D eigenvalue weighted by Crippen LogP contribution is -2.42. The summed E-state index contributed by atoms with van der Waals surface area (Å²) in [6, 6.07) is 5.69. The second-order valence-electron chi connectivity index (χ2n) is 4.33.